The first-order valence-electron chi connectivity index (χ1n) is 6.44. The molecule has 1 saturated carbocycles. The zero-order chi connectivity index (χ0) is 12.1. The number of anilines is 1. The Morgan fingerprint density at radius 1 is 1.18 bits per heavy atom. The van der Waals surface area contributed by atoms with E-state index >= 15 is 0 Å². The van der Waals surface area contributed by atoms with Gasteiger partial charge in [-0.2, -0.15) is 0 Å². The number of nitrogens with one attached hydrogen (secondary N) is 1. The Bertz CT molecular complexity index is 363. The van der Waals surface area contributed by atoms with E-state index in [0.717, 1.165) is 23.7 Å². The molecule has 2 rings (SSSR count). The molecule has 0 aliphatic heterocycles. The summed E-state index contributed by atoms with van der Waals surface area (Å²) in [5.74, 6) is 0.581. The third-order valence-electron chi connectivity index (χ3n) is 3.43. The molecule has 17 heavy (non-hydrogen) atoms. The second-order valence-corrected chi connectivity index (χ2v) is 4.94. The highest BCUT2D eigenvalue weighted by Crippen LogP contribution is 2.28. The lowest BCUT2D eigenvalue weighted by molar-refractivity contribution is 0.357. The van der Waals surface area contributed by atoms with E-state index in [1.54, 1.807) is 12.1 Å². The Kier molecular flexibility index (Phi) is 4.18. The fourth-order valence-electron chi connectivity index (χ4n) is 2.53. The standard InChI is InChI=1S/C15H20FN/c1-12(11-13-5-3-2-4-6-13)17-15-9-7-14(16)8-10-15/h7-10,13,17H,1-6,11H2. The van der Waals surface area contributed by atoms with Crippen molar-refractivity contribution in [2.75, 3.05) is 5.32 Å². The van der Waals surface area contributed by atoms with Crippen LogP contribution in [0.15, 0.2) is 36.5 Å². The molecule has 2 heteroatoms. The van der Waals surface area contributed by atoms with Crippen LogP contribution in [-0.4, -0.2) is 0 Å². The second kappa shape index (κ2) is 5.85. The van der Waals surface area contributed by atoms with Crippen molar-refractivity contribution in [2.45, 2.75) is 38.5 Å². The van der Waals surface area contributed by atoms with Crippen molar-refractivity contribution in [2.24, 2.45) is 5.92 Å². The fraction of sp³-hybridized carbons (Fsp3) is 0.467. The highest BCUT2D eigenvalue weighted by molar-refractivity contribution is 5.47. The summed E-state index contributed by atoms with van der Waals surface area (Å²) in [6, 6.07) is 6.44. The third kappa shape index (κ3) is 3.88. The lowest BCUT2D eigenvalue weighted by atomic mass is 9.86. The van der Waals surface area contributed by atoms with Crippen molar-refractivity contribution in [3.8, 4) is 0 Å². The van der Waals surface area contributed by atoms with E-state index < -0.39 is 0 Å². The first-order chi connectivity index (χ1) is 8.24. The summed E-state index contributed by atoms with van der Waals surface area (Å²) in [5, 5.41) is 3.26. The summed E-state index contributed by atoms with van der Waals surface area (Å²) in [5.41, 5.74) is 1.97. The summed E-state index contributed by atoms with van der Waals surface area (Å²) >= 11 is 0. The van der Waals surface area contributed by atoms with Gasteiger partial charge in [0, 0.05) is 11.4 Å². The summed E-state index contributed by atoms with van der Waals surface area (Å²) in [6.07, 6.45) is 7.78. The third-order valence-corrected chi connectivity index (χ3v) is 3.43. The number of rotatable bonds is 4. The molecule has 1 aliphatic carbocycles. The number of allylic oxidation sites excluding steroid dienone is 1. The van der Waals surface area contributed by atoms with E-state index in [2.05, 4.69) is 11.9 Å². The van der Waals surface area contributed by atoms with Crippen LogP contribution in [0.3, 0.4) is 0 Å². The highest BCUT2D eigenvalue weighted by atomic mass is 19.1. The van der Waals surface area contributed by atoms with Crippen molar-refractivity contribution < 1.29 is 4.39 Å². The van der Waals surface area contributed by atoms with Crippen LogP contribution in [0, 0.1) is 11.7 Å². The molecule has 1 aliphatic rings. The Morgan fingerprint density at radius 3 is 2.47 bits per heavy atom. The Balaban J connectivity index is 1.82. The van der Waals surface area contributed by atoms with Gasteiger partial charge in [-0.25, -0.2) is 4.39 Å². The molecule has 0 atom stereocenters. The van der Waals surface area contributed by atoms with E-state index in [1.807, 2.05) is 0 Å². The van der Waals surface area contributed by atoms with Crippen molar-refractivity contribution in [3.63, 3.8) is 0 Å². The van der Waals surface area contributed by atoms with E-state index in [0.29, 0.717) is 0 Å². The summed E-state index contributed by atoms with van der Waals surface area (Å²) in [6.45, 7) is 4.06. The molecule has 0 heterocycles. The molecule has 1 aromatic carbocycles. The molecule has 0 unspecified atom stereocenters. The predicted octanol–water partition coefficient (Wildman–Crippen LogP) is 4.72. The molecule has 0 bridgehead atoms. The van der Waals surface area contributed by atoms with E-state index in [1.165, 1.54) is 44.2 Å². The molecule has 0 saturated heterocycles. The Labute approximate surface area is 103 Å². The molecule has 0 radical (unpaired) electrons. The van der Waals surface area contributed by atoms with Gasteiger partial charge in [-0.05, 0) is 36.6 Å². The number of hydrogen-bond acceptors (Lipinski definition) is 1. The average Bonchev–Trinajstić information content (AvgIpc) is 2.33. The van der Waals surface area contributed by atoms with E-state index in [4.69, 9.17) is 0 Å². The minimum absolute atomic E-state index is 0.201. The molecule has 1 aromatic rings. The molecular weight excluding hydrogens is 213 g/mol. The second-order valence-electron chi connectivity index (χ2n) is 4.94. The minimum atomic E-state index is -0.201. The molecule has 1 N–H and O–H groups in total. The van der Waals surface area contributed by atoms with Crippen LogP contribution in [0.4, 0.5) is 10.1 Å². The van der Waals surface area contributed by atoms with Crippen molar-refractivity contribution >= 4 is 5.69 Å². The smallest absolute Gasteiger partial charge is 0.123 e. The highest BCUT2D eigenvalue weighted by Gasteiger charge is 2.14. The fourth-order valence-corrected chi connectivity index (χ4v) is 2.53. The maximum atomic E-state index is 12.7. The molecule has 92 valence electrons. The van der Waals surface area contributed by atoms with Gasteiger partial charge in [-0.1, -0.05) is 38.7 Å². The van der Waals surface area contributed by atoms with Gasteiger partial charge in [-0.3, -0.25) is 0 Å². The van der Waals surface area contributed by atoms with Gasteiger partial charge in [-0.15, -0.1) is 0 Å². The number of benzene rings is 1. The van der Waals surface area contributed by atoms with Gasteiger partial charge >= 0.3 is 0 Å². The normalized spacial score (nSPS) is 16.8. The molecule has 1 nitrogen and oxygen atoms in total. The monoisotopic (exact) mass is 233 g/mol. The Morgan fingerprint density at radius 2 is 1.82 bits per heavy atom. The minimum Gasteiger partial charge on any atom is -0.359 e. The molecule has 0 spiro atoms. The molecule has 1 fully saturated rings. The summed E-state index contributed by atoms with van der Waals surface area (Å²) in [7, 11) is 0. The first-order valence-corrected chi connectivity index (χ1v) is 6.44. The zero-order valence-electron chi connectivity index (χ0n) is 10.2. The van der Waals surface area contributed by atoms with Gasteiger partial charge in [0.1, 0.15) is 5.82 Å². The topological polar surface area (TPSA) is 12.0 Å². The summed E-state index contributed by atoms with van der Waals surface area (Å²) in [4.78, 5) is 0. The van der Waals surface area contributed by atoms with Crippen LogP contribution in [0.2, 0.25) is 0 Å². The van der Waals surface area contributed by atoms with Crippen molar-refractivity contribution in [3.05, 3.63) is 42.4 Å². The lowest BCUT2D eigenvalue weighted by Gasteiger charge is -2.22. The summed E-state index contributed by atoms with van der Waals surface area (Å²) < 4.78 is 12.7. The van der Waals surface area contributed by atoms with Crippen LogP contribution >= 0.6 is 0 Å². The van der Waals surface area contributed by atoms with Crippen LogP contribution < -0.4 is 5.32 Å². The SMILES string of the molecule is C=C(CC1CCCCC1)Nc1ccc(F)cc1. The van der Waals surface area contributed by atoms with Crippen LogP contribution in [-0.2, 0) is 0 Å². The van der Waals surface area contributed by atoms with Gasteiger partial charge in [0.25, 0.3) is 0 Å². The van der Waals surface area contributed by atoms with Crippen molar-refractivity contribution in [1.29, 1.82) is 0 Å². The zero-order valence-corrected chi connectivity index (χ0v) is 10.2. The Hall–Kier alpha value is -1.31. The number of halogens is 1. The van der Waals surface area contributed by atoms with E-state index in [9.17, 15) is 4.39 Å². The maximum Gasteiger partial charge on any atom is 0.123 e. The molecular formula is C15H20FN. The quantitative estimate of drug-likeness (QED) is 0.793. The van der Waals surface area contributed by atoms with Gasteiger partial charge in [0.05, 0.1) is 0 Å². The van der Waals surface area contributed by atoms with Crippen LogP contribution in [0.1, 0.15) is 38.5 Å². The lowest BCUT2D eigenvalue weighted by Crippen LogP contribution is -2.10. The van der Waals surface area contributed by atoms with Gasteiger partial charge in [0.2, 0.25) is 0 Å². The maximum absolute atomic E-state index is 12.7. The van der Waals surface area contributed by atoms with Crippen LogP contribution in [0.5, 0.6) is 0 Å². The molecule has 0 aromatic heterocycles. The average molecular weight is 233 g/mol. The largest absolute Gasteiger partial charge is 0.359 e. The molecule has 0 amide bonds. The number of hydrogen-bond donors (Lipinski definition) is 1. The van der Waals surface area contributed by atoms with Gasteiger partial charge in [0.15, 0.2) is 0 Å². The van der Waals surface area contributed by atoms with Crippen molar-refractivity contribution in [1.82, 2.24) is 0 Å². The predicted molar refractivity (Wildman–Crippen MR) is 70.4 cm³/mol. The van der Waals surface area contributed by atoms with E-state index in [-0.39, 0.29) is 5.82 Å². The van der Waals surface area contributed by atoms with Crippen LogP contribution in [0.25, 0.3) is 0 Å². The van der Waals surface area contributed by atoms with Gasteiger partial charge < -0.3 is 5.32 Å². The first kappa shape index (κ1) is 12.2.